The number of ether oxygens (including phenoxy) is 1. The van der Waals surface area contributed by atoms with Gasteiger partial charge < -0.3 is 14.9 Å². The van der Waals surface area contributed by atoms with Crippen LogP contribution in [-0.4, -0.2) is 19.2 Å². The Morgan fingerprint density at radius 1 is 1.17 bits per heavy atom. The molecule has 2 unspecified atom stereocenters. The fraction of sp³-hybridized carbons (Fsp3) is 0.217. The predicted molar refractivity (Wildman–Crippen MR) is 116 cm³/mol. The van der Waals surface area contributed by atoms with Gasteiger partial charge in [-0.25, -0.2) is 0 Å². The van der Waals surface area contributed by atoms with Gasteiger partial charge in [0.2, 0.25) is 0 Å². The summed E-state index contributed by atoms with van der Waals surface area (Å²) in [5.41, 5.74) is 2.90. The summed E-state index contributed by atoms with van der Waals surface area (Å²) in [6.07, 6.45) is 2.29. The number of carbonyl (C=O) groups excluding carboxylic acids is 1. The zero-order chi connectivity index (χ0) is 20.1. The first-order valence-electron chi connectivity index (χ1n) is 9.46. The number of nitrogens with zero attached hydrogens (tertiary/aromatic N) is 1. The van der Waals surface area contributed by atoms with Gasteiger partial charge in [0.15, 0.2) is 0 Å². The number of para-hydroxylation sites is 1. The monoisotopic (exact) mass is 406 g/mol. The Balaban J connectivity index is 1.40. The average Bonchev–Trinajstić information content (AvgIpc) is 3.36. The molecule has 1 amide bonds. The Labute approximate surface area is 174 Å². The molecule has 1 fully saturated rings. The highest BCUT2D eigenvalue weighted by atomic mass is 32.1. The van der Waals surface area contributed by atoms with Crippen molar-refractivity contribution in [2.45, 2.75) is 24.9 Å². The fourth-order valence-electron chi connectivity index (χ4n) is 3.41. The third kappa shape index (κ3) is 4.84. The standard InChI is InChI=1S/C23H22N2O3S/c1-27-24-14-23(26)25-21-9-3-2-6-17(21)15-28-18-8-4-7-16(12-18)19-13-20(19)22-10-5-11-29-22/h2-12,14,19-20H,13,15H2,1H3,(H,25,26). The minimum atomic E-state index is -0.352. The summed E-state index contributed by atoms with van der Waals surface area (Å²) in [4.78, 5) is 17.9. The van der Waals surface area contributed by atoms with Crippen molar-refractivity contribution in [3.63, 3.8) is 0 Å². The van der Waals surface area contributed by atoms with Crippen LogP contribution in [0.1, 0.15) is 34.3 Å². The van der Waals surface area contributed by atoms with Gasteiger partial charge in [-0.15, -0.1) is 11.3 Å². The van der Waals surface area contributed by atoms with Crippen molar-refractivity contribution >= 4 is 29.1 Å². The molecule has 1 heterocycles. The van der Waals surface area contributed by atoms with E-state index in [0.29, 0.717) is 24.1 Å². The van der Waals surface area contributed by atoms with E-state index < -0.39 is 0 Å². The first kappa shape index (κ1) is 19.2. The molecule has 2 aromatic carbocycles. The molecule has 1 N–H and O–H groups in total. The Hall–Kier alpha value is -3.12. The predicted octanol–water partition coefficient (Wildman–Crippen LogP) is 5.17. The summed E-state index contributed by atoms with van der Waals surface area (Å²) in [7, 11) is 1.39. The molecule has 4 rings (SSSR count). The third-order valence-corrected chi connectivity index (χ3v) is 5.93. The first-order valence-corrected chi connectivity index (χ1v) is 10.3. The zero-order valence-electron chi connectivity index (χ0n) is 16.1. The van der Waals surface area contributed by atoms with Crippen molar-refractivity contribution in [2.24, 2.45) is 5.16 Å². The topological polar surface area (TPSA) is 59.9 Å². The molecule has 6 heteroatoms. The number of rotatable bonds is 8. The summed E-state index contributed by atoms with van der Waals surface area (Å²) in [6.45, 7) is 0.361. The van der Waals surface area contributed by atoms with E-state index in [0.717, 1.165) is 17.5 Å². The van der Waals surface area contributed by atoms with Crippen LogP contribution in [0.3, 0.4) is 0 Å². The second kappa shape index (κ2) is 8.92. The van der Waals surface area contributed by atoms with Crippen LogP contribution in [0.5, 0.6) is 5.75 Å². The number of anilines is 1. The van der Waals surface area contributed by atoms with Crippen molar-refractivity contribution in [3.05, 3.63) is 82.0 Å². The maximum atomic E-state index is 11.9. The number of carbonyl (C=O) groups is 1. The van der Waals surface area contributed by atoms with Crippen LogP contribution in [0.25, 0.3) is 0 Å². The third-order valence-electron chi connectivity index (χ3n) is 4.93. The molecule has 0 bridgehead atoms. The molecular formula is C23H22N2O3S. The highest BCUT2D eigenvalue weighted by Gasteiger charge is 2.40. The van der Waals surface area contributed by atoms with Gasteiger partial charge in [0.25, 0.3) is 5.91 Å². The number of thiophene rings is 1. The Kier molecular flexibility index (Phi) is 5.91. The molecule has 0 radical (unpaired) electrons. The van der Waals surface area contributed by atoms with E-state index in [1.165, 1.54) is 24.0 Å². The van der Waals surface area contributed by atoms with Crippen LogP contribution < -0.4 is 10.1 Å². The van der Waals surface area contributed by atoms with Crippen molar-refractivity contribution in [3.8, 4) is 5.75 Å². The van der Waals surface area contributed by atoms with Gasteiger partial charge in [0, 0.05) is 22.0 Å². The quantitative estimate of drug-likeness (QED) is 0.415. The summed E-state index contributed by atoms with van der Waals surface area (Å²) in [5.74, 6) is 1.69. The van der Waals surface area contributed by atoms with Crippen molar-refractivity contribution in [1.29, 1.82) is 0 Å². The number of nitrogens with one attached hydrogen (secondary N) is 1. The highest BCUT2D eigenvalue weighted by Crippen LogP contribution is 2.56. The lowest BCUT2D eigenvalue weighted by molar-refractivity contribution is -0.110. The van der Waals surface area contributed by atoms with Gasteiger partial charge in [-0.05, 0) is 47.5 Å². The SMILES string of the molecule is CON=CC(=O)Nc1ccccc1COc1cccc(C2CC2c2cccs2)c1. The van der Waals surface area contributed by atoms with Crippen LogP contribution in [0.2, 0.25) is 0 Å². The molecule has 1 aliphatic rings. The highest BCUT2D eigenvalue weighted by molar-refractivity contribution is 7.10. The molecule has 5 nitrogen and oxygen atoms in total. The van der Waals surface area contributed by atoms with E-state index in [-0.39, 0.29) is 5.91 Å². The molecule has 1 aromatic heterocycles. The number of hydrogen-bond donors (Lipinski definition) is 1. The molecule has 2 atom stereocenters. The number of oxime groups is 1. The molecule has 148 valence electrons. The molecule has 0 spiro atoms. The minimum Gasteiger partial charge on any atom is -0.489 e. The minimum absolute atomic E-state index is 0.352. The Morgan fingerprint density at radius 2 is 2.07 bits per heavy atom. The lowest BCUT2D eigenvalue weighted by Crippen LogP contribution is -2.14. The maximum Gasteiger partial charge on any atom is 0.270 e. The molecular weight excluding hydrogens is 384 g/mol. The van der Waals surface area contributed by atoms with Gasteiger partial charge in [-0.3, -0.25) is 4.79 Å². The lowest BCUT2D eigenvalue weighted by Gasteiger charge is -2.12. The van der Waals surface area contributed by atoms with Gasteiger partial charge >= 0.3 is 0 Å². The largest absolute Gasteiger partial charge is 0.489 e. The zero-order valence-corrected chi connectivity index (χ0v) is 16.9. The second-order valence-corrected chi connectivity index (χ2v) is 7.87. The number of hydrogen-bond acceptors (Lipinski definition) is 5. The second-order valence-electron chi connectivity index (χ2n) is 6.89. The average molecular weight is 407 g/mol. The van der Waals surface area contributed by atoms with Crippen LogP contribution in [0.15, 0.2) is 71.2 Å². The van der Waals surface area contributed by atoms with Gasteiger partial charge in [-0.1, -0.05) is 41.6 Å². The van der Waals surface area contributed by atoms with E-state index in [2.05, 4.69) is 45.0 Å². The molecule has 29 heavy (non-hydrogen) atoms. The van der Waals surface area contributed by atoms with E-state index in [1.54, 1.807) is 0 Å². The number of amides is 1. The van der Waals surface area contributed by atoms with Crippen LogP contribution >= 0.6 is 11.3 Å². The van der Waals surface area contributed by atoms with Crippen LogP contribution in [-0.2, 0) is 16.2 Å². The molecule has 0 aliphatic heterocycles. The number of benzene rings is 2. The van der Waals surface area contributed by atoms with Crippen LogP contribution in [0, 0.1) is 0 Å². The Bertz CT molecular complexity index is 1000. The van der Waals surface area contributed by atoms with E-state index in [1.807, 2.05) is 47.7 Å². The van der Waals surface area contributed by atoms with E-state index >= 15 is 0 Å². The van der Waals surface area contributed by atoms with E-state index in [4.69, 9.17) is 4.74 Å². The van der Waals surface area contributed by atoms with E-state index in [9.17, 15) is 4.79 Å². The van der Waals surface area contributed by atoms with Crippen molar-refractivity contribution < 1.29 is 14.4 Å². The van der Waals surface area contributed by atoms with Gasteiger partial charge in [0.1, 0.15) is 25.7 Å². The maximum absolute atomic E-state index is 11.9. The van der Waals surface area contributed by atoms with Gasteiger partial charge in [-0.2, -0.15) is 0 Å². The molecule has 3 aromatic rings. The lowest BCUT2D eigenvalue weighted by atomic mass is 10.1. The summed E-state index contributed by atoms with van der Waals surface area (Å²) in [6, 6.07) is 20.2. The first-order chi connectivity index (χ1) is 14.2. The summed E-state index contributed by atoms with van der Waals surface area (Å²) < 4.78 is 6.03. The molecule has 1 saturated carbocycles. The normalized spacial score (nSPS) is 17.8. The summed E-state index contributed by atoms with van der Waals surface area (Å²) >= 11 is 1.83. The molecule has 1 aliphatic carbocycles. The van der Waals surface area contributed by atoms with Crippen LogP contribution in [0.4, 0.5) is 5.69 Å². The smallest absolute Gasteiger partial charge is 0.270 e. The fourth-order valence-corrected chi connectivity index (χ4v) is 4.32. The van der Waals surface area contributed by atoms with Crippen molar-refractivity contribution in [1.82, 2.24) is 0 Å². The molecule has 0 saturated heterocycles. The van der Waals surface area contributed by atoms with Crippen molar-refractivity contribution in [2.75, 3.05) is 12.4 Å². The Morgan fingerprint density at radius 3 is 2.90 bits per heavy atom. The van der Waals surface area contributed by atoms with Gasteiger partial charge in [0.05, 0.1) is 0 Å². The summed E-state index contributed by atoms with van der Waals surface area (Å²) in [5, 5.41) is 8.42.